The van der Waals surface area contributed by atoms with Crippen molar-refractivity contribution in [1.82, 2.24) is 14.9 Å². The molecule has 0 saturated heterocycles. The Bertz CT molecular complexity index is 1050. The highest BCUT2D eigenvalue weighted by molar-refractivity contribution is 7.18. The topological polar surface area (TPSA) is 101 Å². The number of furan rings is 1. The molecule has 0 fully saturated rings. The first kappa shape index (κ1) is 23.1. The van der Waals surface area contributed by atoms with Crippen molar-refractivity contribution in [3.05, 3.63) is 50.8 Å². The van der Waals surface area contributed by atoms with E-state index in [0.717, 1.165) is 41.7 Å². The van der Waals surface area contributed by atoms with Crippen LogP contribution in [0.3, 0.4) is 0 Å². The molecule has 0 aromatic carbocycles. The average Bonchev–Trinajstić information content (AvgIpc) is 3.41. The van der Waals surface area contributed by atoms with E-state index >= 15 is 0 Å². The number of nitrogens with one attached hydrogen (secondary N) is 1. The molecule has 9 heteroatoms. The summed E-state index contributed by atoms with van der Waals surface area (Å²) < 4.78 is 16.0. The highest BCUT2D eigenvalue weighted by Gasteiger charge is 2.21. The maximum Gasteiger partial charge on any atom is 0.259 e. The number of methoxy groups -OCH3 is 1. The van der Waals surface area contributed by atoms with E-state index in [1.165, 1.54) is 16.9 Å². The fourth-order valence-electron chi connectivity index (χ4n) is 4.20. The summed E-state index contributed by atoms with van der Waals surface area (Å²) in [5, 5.41) is 11.3. The molecule has 0 bridgehead atoms. The molecule has 32 heavy (non-hydrogen) atoms. The number of hydrogen-bond donors (Lipinski definition) is 2. The third-order valence-electron chi connectivity index (χ3n) is 5.67. The first-order valence-corrected chi connectivity index (χ1v) is 12.0. The van der Waals surface area contributed by atoms with Gasteiger partial charge in [-0.15, -0.1) is 11.3 Å². The van der Waals surface area contributed by atoms with E-state index in [-0.39, 0.29) is 12.2 Å². The molecule has 1 unspecified atom stereocenters. The SMILES string of the molecule is COCCCN(Cc1nc2sc3c(c2c(=O)[nH]1)CCCC3)CC(O)COCc1ccco1. The van der Waals surface area contributed by atoms with Crippen LogP contribution in [0.1, 0.15) is 41.3 Å². The van der Waals surface area contributed by atoms with Gasteiger partial charge in [0, 0.05) is 31.7 Å². The largest absolute Gasteiger partial charge is 0.467 e. The number of hydrogen-bond acceptors (Lipinski definition) is 8. The normalized spacial score (nSPS) is 14.8. The van der Waals surface area contributed by atoms with Gasteiger partial charge in [0.05, 0.1) is 30.9 Å². The fraction of sp³-hybridized carbons (Fsp3) is 0.565. The molecule has 1 atom stereocenters. The molecule has 1 aliphatic carbocycles. The standard InChI is InChI=1S/C23H31N3O5S/c1-29-10-5-9-26(12-16(27)14-30-15-17-6-4-11-31-17)13-20-24-22(28)21-18-7-2-3-8-19(18)32-23(21)25-20/h4,6,11,16,27H,2-3,5,7-10,12-15H2,1H3,(H,24,25,28). The molecular weight excluding hydrogens is 430 g/mol. The minimum atomic E-state index is -0.669. The van der Waals surface area contributed by atoms with Crippen LogP contribution >= 0.6 is 11.3 Å². The van der Waals surface area contributed by atoms with E-state index < -0.39 is 6.10 Å². The summed E-state index contributed by atoms with van der Waals surface area (Å²) in [5.74, 6) is 1.35. The highest BCUT2D eigenvalue weighted by atomic mass is 32.1. The molecule has 3 aromatic heterocycles. The Morgan fingerprint density at radius 2 is 2.25 bits per heavy atom. The van der Waals surface area contributed by atoms with Gasteiger partial charge in [0.1, 0.15) is 23.0 Å². The van der Waals surface area contributed by atoms with Crippen molar-refractivity contribution in [2.75, 3.05) is 33.4 Å². The van der Waals surface area contributed by atoms with Gasteiger partial charge in [-0.2, -0.15) is 0 Å². The molecule has 0 saturated carbocycles. The lowest BCUT2D eigenvalue weighted by Crippen LogP contribution is -2.36. The van der Waals surface area contributed by atoms with Gasteiger partial charge in [0.15, 0.2) is 0 Å². The van der Waals surface area contributed by atoms with Gasteiger partial charge in [-0.05, 0) is 49.8 Å². The molecular formula is C23H31N3O5S. The molecule has 0 amide bonds. The lowest BCUT2D eigenvalue weighted by Gasteiger charge is -2.24. The van der Waals surface area contributed by atoms with Crippen LogP contribution in [0.2, 0.25) is 0 Å². The summed E-state index contributed by atoms with van der Waals surface area (Å²) in [5.41, 5.74) is 1.14. The first-order chi connectivity index (χ1) is 15.6. The lowest BCUT2D eigenvalue weighted by atomic mass is 9.97. The monoisotopic (exact) mass is 461 g/mol. The minimum Gasteiger partial charge on any atom is -0.467 e. The van der Waals surface area contributed by atoms with E-state index in [2.05, 4.69) is 9.88 Å². The first-order valence-electron chi connectivity index (χ1n) is 11.2. The molecule has 2 N–H and O–H groups in total. The van der Waals surface area contributed by atoms with Crippen molar-refractivity contribution < 1.29 is 19.0 Å². The third kappa shape index (κ3) is 5.85. The number of fused-ring (bicyclic) bond motifs is 3. The molecule has 174 valence electrons. The summed E-state index contributed by atoms with van der Waals surface area (Å²) in [6, 6.07) is 3.64. The van der Waals surface area contributed by atoms with Crippen LogP contribution in [0.4, 0.5) is 0 Å². The Balaban J connectivity index is 1.42. The van der Waals surface area contributed by atoms with Crippen molar-refractivity contribution >= 4 is 21.6 Å². The van der Waals surface area contributed by atoms with Gasteiger partial charge in [0.2, 0.25) is 0 Å². The van der Waals surface area contributed by atoms with Gasteiger partial charge in [0.25, 0.3) is 5.56 Å². The molecule has 1 aliphatic rings. The van der Waals surface area contributed by atoms with E-state index in [4.69, 9.17) is 18.9 Å². The zero-order valence-electron chi connectivity index (χ0n) is 18.5. The number of aromatic amines is 1. The van der Waals surface area contributed by atoms with E-state index in [1.807, 2.05) is 6.07 Å². The van der Waals surface area contributed by atoms with Gasteiger partial charge in [-0.1, -0.05) is 0 Å². The van der Waals surface area contributed by atoms with E-state index in [9.17, 15) is 9.90 Å². The van der Waals surface area contributed by atoms with Crippen LogP contribution in [-0.4, -0.2) is 59.5 Å². The van der Waals surface area contributed by atoms with Crippen molar-refractivity contribution in [2.45, 2.75) is 51.4 Å². The third-order valence-corrected chi connectivity index (χ3v) is 6.86. The number of aliphatic hydroxyl groups excluding tert-OH is 1. The van der Waals surface area contributed by atoms with E-state index in [0.29, 0.717) is 38.7 Å². The molecule has 4 rings (SSSR count). The van der Waals surface area contributed by atoms with Crippen molar-refractivity contribution in [1.29, 1.82) is 0 Å². The van der Waals surface area contributed by atoms with Crippen LogP contribution in [-0.2, 0) is 35.5 Å². The number of nitrogens with zero attached hydrogens (tertiary/aromatic N) is 2. The maximum atomic E-state index is 12.8. The summed E-state index contributed by atoms with van der Waals surface area (Å²) in [6.45, 7) is 2.72. The lowest BCUT2D eigenvalue weighted by molar-refractivity contribution is 0.00246. The zero-order chi connectivity index (χ0) is 22.3. The summed E-state index contributed by atoms with van der Waals surface area (Å²) in [6.07, 6.45) is 6.06. The maximum absolute atomic E-state index is 12.8. The summed E-state index contributed by atoms with van der Waals surface area (Å²) >= 11 is 1.65. The molecule has 8 nitrogen and oxygen atoms in total. The Morgan fingerprint density at radius 3 is 3.06 bits per heavy atom. The Kier molecular flexibility index (Phi) is 8.10. The minimum absolute atomic E-state index is 0.0522. The van der Waals surface area contributed by atoms with Gasteiger partial charge >= 0.3 is 0 Å². The van der Waals surface area contributed by atoms with E-state index in [1.54, 1.807) is 30.8 Å². The molecule has 0 radical (unpaired) electrons. The van der Waals surface area contributed by atoms with Crippen LogP contribution < -0.4 is 5.56 Å². The van der Waals surface area contributed by atoms with Gasteiger partial charge in [-0.25, -0.2) is 4.98 Å². The van der Waals surface area contributed by atoms with Crippen molar-refractivity contribution in [3.8, 4) is 0 Å². The average molecular weight is 462 g/mol. The highest BCUT2D eigenvalue weighted by Crippen LogP contribution is 2.33. The summed E-state index contributed by atoms with van der Waals surface area (Å²) in [7, 11) is 1.67. The van der Waals surface area contributed by atoms with Crippen LogP contribution in [0.25, 0.3) is 10.2 Å². The number of rotatable bonds is 12. The Hall–Kier alpha value is -2.04. The van der Waals surface area contributed by atoms with Gasteiger partial charge in [-0.3, -0.25) is 9.69 Å². The molecule has 0 spiro atoms. The smallest absolute Gasteiger partial charge is 0.259 e. The predicted octanol–water partition coefficient (Wildman–Crippen LogP) is 2.87. The number of aliphatic hydroxyl groups is 1. The van der Waals surface area contributed by atoms with Crippen LogP contribution in [0.15, 0.2) is 27.6 Å². The number of aromatic nitrogens is 2. The Morgan fingerprint density at radius 1 is 1.38 bits per heavy atom. The number of thiophene rings is 1. The number of ether oxygens (including phenoxy) is 2. The second-order valence-corrected chi connectivity index (χ2v) is 9.32. The van der Waals surface area contributed by atoms with Crippen LogP contribution in [0, 0.1) is 0 Å². The van der Waals surface area contributed by atoms with Crippen molar-refractivity contribution in [3.63, 3.8) is 0 Å². The zero-order valence-corrected chi connectivity index (χ0v) is 19.3. The molecule has 3 heterocycles. The molecule has 0 aliphatic heterocycles. The summed E-state index contributed by atoms with van der Waals surface area (Å²) in [4.78, 5) is 24.8. The fourth-order valence-corrected chi connectivity index (χ4v) is 5.48. The quantitative estimate of drug-likeness (QED) is 0.400. The van der Waals surface area contributed by atoms with Crippen LogP contribution in [0.5, 0.6) is 0 Å². The Labute approximate surface area is 191 Å². The van der Waals surface area contributed by atoms with Gasteiger partial charge < -0.3 is 24.0 Å². The predicted molar refractivity (Wildman–Crippen MR) is 123 cm³/mol. The second-order valence-electron chi connectivity index (χ2n) is 8.23. The van der Waals surface area contributed by atoms with Crippen molar-refractivity contribution in [2.24, 2.45) is 0 Å². The molecule has 3 aromatic rings. The second kappa shape index (κ2) is 11.2. The number of aryl methyl sites for hydroxylation is 2. The number of H-pyrrole nitrogens is 1.